The molecule has 0 unspecified atom stereocenters. The Balaban J connectivity index is 1.89. The molecule has 2 aromatic carbocycles. The van der Waals surface area contributed by atoms with Crippen LogP contribution >= 0.6 is 0 Å². The van der Waals surface area contributed by atoms with Crippen LogP contribution in [0.1, 0.15) is 21.5 Å². The summed E-state index contributed by atoms with van der Waals surface area (Å²) in [6, 6.07) is 10.4. The average molecular weight is 350 g/mol. The van der Waals surface area contributed by atoms with Crippen molar-refractivity contribution in [1.82, 2.24) is 10.0 Å². The Labute approximate surface area is 141 Å². The van der Waals surface area contributed by atoms with Gasteiger partial charge < -0.3 is 5.32 Å². The Morgan fingerprint density at radius 3 is 2.38 bits per heavy atom. The lowest BCUT2D eigenvalue weighted by Gasteiger charge is -2.09. The molecular weight excluding hydrogens is 331 g/mol. The van der Waals surface area contributed by atoms with E-state index in [1.165, 1.54) is 24.3 Å². The molecule has 0 saturated heterocycles. The third-order valence-corrected chi connectivity index (χ3v) is 4.96. The molecule has 0 bridgehead atoms. The molecular formula is C17H19FN2O3S. The van der Waals surface area contributed by atoms with Crippen LogP contribution in [0.15, 0.2) is 47.4 Å². The van der Waals surface area contributed by atoms with Gasteiger partial charge in [0.25, 0.3) is 5.91 Å². The smallest absolute Gasteiger partial charge is 0.251 e. The minimum Gasteiger partial charge on any atom is -0.351 e. The summed E-state index contributed by atoms with van der Waals surface area (Å²) in [7, 11) is -3.62. The van der Waals surface area contributed by atoms with Gasteiger partial charge in [0.2, 0.25) is 10.0 Å². The molecule has 7 heteroatoms. The van der Waals surface area contributed by atoms with Gasteiger partial charge in [0.05, 0.1) is 4.90 Å². The molecule has 0 aliphatic rings. The SMILES string of the molecule is Cc1ccc(S(=O)(=O)NCCNC(=O)c2cc(F)ccc2C)cc1. The number of nitrogens with one attached hydrogen (secondary N) is 2. The fourth-order valence-corrected chi connectivity index (χ4v) is 3.13. The Morgan fingerprint density at radius 2 is 1.71 bits per heavy atom. The number of rotatable bonds is 6. The van der Waals surface area contributed by atoms with E-state index in [1.54, 1.807) is 19.1 Å². The van der Waals surface area contributed by atoms with Gasteiger partial charge in [-0.15, -0.1) is 0 Å². The molecule has 0 fully saturated rings. The van der Waals surface area contributed by atoms with E-state index in [2.05, 4.69) is 10.0 Å². The van der Waals surface area contributed by atoms with E-state index >= 15 is 0 Å². The van der Waals surface area contributed by atoms with Crippen LogP contribution in [0.25, 0.3) is 0 Å². The monoisotopic (exact) mass is 350 g/mol. The van der Waals surface area contributed by atoms with Crippen molar-refractivity contribution in [3.63, 3.8) is 0 Å². The van der Waals surface area contributed by atoms with E-state index in [9.17, 15) is 17.6 Å². The number of carbonyl (C=O) groups is 1. The van der Waals surface area contributed by atoms with Gasteiger partial charge in [-0.3, -0.25) is 4.79 Å². The van der Waals surface area contributed by atoms with E-state index in [-0.39, 0.29) is 23.5 Å². The summed E-state index contributed by atoms with van der Waals surface area (Å²) in [5.74, 6) is -0.938. The molecule has 5 nitrogen and oxygen atoms in total. The van der Waals surface area contributed by atoms with Crippen LogP contribution in [0.4, 0.5) is 4.39 Å². The lowest BCUT2D eigenvalue weighted by molar-refractivity contribution is 0.0953. The molecule has 0 atom stereocenters. The molecule has 0 aliphatic heterocycles. The molecule has 0 spiro atoms. The molecule has 0 aliphatic carbocycles. The number of benzene rings is 2. The minimum atomic E-state index is -3.62. The Kier molecular flexibility index (Phi) is 5.69. The molecule has 24 heavy (non-hydrogen) atoms. The molecule has 0 aromatic heterocycles. The van der Waals surface area contributed by atoms with Crippen molar-refractivity contribution in [1.29, 1.82) is 0 Å². The van der Waals surface area contributed by atoms with Crippen molar-refractivity contribution < 1.29 is 17.6 Å². The summed E-state index contributed by atoms with van der Waals surface area (Å²) in [6.45, 7) is 3.71. The molecule has 1 amide bonds. The predicted molar refractivity (Wildman–Crippen MR) is 89.8 cm³/mol. The molecule has 2 aromatic rings. The summed E-state index contributed by atoms with van der Waals surface area (Å²) in [4.78, 5) is 12.2. The zero-order valence-corrected chi connectivity index (χ0v) is 14.3. The summed E-state index contributed by atoms with van der Waals surface area (Å²) in [5.41, 5.74) is 1.84. The number of amides is 1. The number of hydrogen-bond donors (Lipinski definition) is 2. The number of carbonyl (C=O) groups excluding carboxylic acids is 1. The van der Waals surface area contributed by atoms with Crippen LogP contribution in [0, 0.1) is 19.7 Å². The van der Waals surface area contributed by atoms with Gasteiger partial charge in [0.15, 0.2) is 0 Å². The molecule has 2 rings (SSSR count). The maximum Gasteiger partial charge on any atom is 0.251 e. The molecule has 128 valence electrons. The second-order valence-electron chi connectivity index (χ2n) is 5.43. The number of aryl methyl sites for hydroxylation is 2. The van der Waals surface area contributed by atoms with Crippen LogP contribution < -0.4 is 10.0 Å². The fourth-order valence-electron chi connectivity index (χ4n) is 2.10. The van der Waals surface area contributed by atoms with Crippen molar-refractivity contribution in [2.24, 2.45) is 0 Å². The lowest BCUT2D eigenvalue weighted by Crippen LogP contribution is -2.35. The second-order valence-corrected chi connectivity index (χ2v) is 7.19. The Bertz CT molecular complexity index is 833. The topological polar surface area (TPSA) is 75.3 Å². The van der Waals surface area contributed by atoms with Crippen LogP contribution in [0.2, 0.25) is 0 Å². The first-order valence-corrected chi connectivity index (χ1v) is 8.88. The Hall–Kier alpha value is -2.25. The standard InChI is InChI=1S/C17H19FN2O3S/c1-12-3-7-15(8-4-12)24(22,23)20-10-9-19-17(21)16-11-14(18)6-5-13(16)2/h3-8,11,20H,9-10H2,1-2H3,(H,19,21). The fraction of sp³-hybridized carbons (Fsp3) is 0.235. The van der Waals surface area contributed by atoms with Crippen molar-refractivity contribution in [2.45, 2.75) is 18.7 Å². The van der Waals surface area contributed by atoms with Gasteiger partial charge in [-0.25, -0.2) is 17.5 Å². The van der Waals surface area contributed by atoms with E-state index < -0.39 is 21.7 Å². The van der Waals surface area contributed by atoms with E-state index in [4.69, 9.17) is 0 Å². The average Bonchev–Trinajstić information content (AvgIpc) is 2.54. The minimum absolute atomic E-state index is 0.0380. The maximum absolute atomic E-state index is 13.2. The van der Waals surface area contributed by atoms with Crippen LogP contribution in [-0.4, -0.2) is 27.4 Å². The molecule has 0 saturated carbocycles. The van der Waals surface area contributed by atoms with Crippen molar-refractivity contribution >= 4 is 15.9 Å². The predicted octanol–water partition coefficient (Wildman–Crippen LogP) is 2.15. The van der Waals surface area contributed by atoms with E-state index in [0.717, 1.165) is 11.6 Å². The van der Waals surface area contributed by atoms with E-state index in [0.29, 0.717) is 5.56 Å². The van der Waals surface area contributed by atoms with Gasteiger partial charge in [0, 0.05) is 18.7 Å². The third-order valence-electron chi connectivity index (χ3n) is 3.48. The first-order valence-electron chi connectivity index (χ1n) is 7.40. The first-order chi connectivity index (χ1) is 11.3. The zero-order valence-electron chi connectivity index (χ0n) is 13.5. The first kappa shape index (κ1) is 18.1. The zero-order chi connectivity index (χ0) is 17.7. The molecule has 0 heterocycles. The summed E-state index contributed by atoms with van der Waals surface area (Å²) in [6.07, 6.45) is 0. The third kappa shape index (κ3) is 4.62. The van der Waals surface area contributed by atoms with Crippen LogP contribution in [-0.2, 0) is 10.0 Å². The summed E-state index contributed by atoms with van der Waals surface area (Å²) >= 11 is 0. The van der Waals surface area contributed by atoms with Gasteiger partial charge in [0.1, 0.15) is 5.82 Å². The highest BCUT2D eigenvalue weighted by Crippen LogP contribution is 2.10. The van der Waals surface area contributed by atoms with Crippen molar-refractivity contribution in [3.05, 3.63) is 65.0 Å². The van der Waals surface area contributed by atoms with Gasteiger partial charge in [-0.2, -0.15) is 0 Å². The van der Waals surface area contributed by atoms with Crippen LogP contribution in [0.3, 0.4) is 0 Å². The Morgan fingerprint density at radius 1 is 1.04 bits per heavy atom. The van der Waals surface area contributed by atoms with Crippen LogP contribution in [0.5, 0.6) is 0 Å². The van der Waals surface area contributed by atoms with Gasteiger partial charge in [-0.1, -0.05) is 23.8 Å². The highest BCUT2D eigenvalue weighted by Gasteiger charge is 2.14. The maximum atomic E-state index is 13.2. The molecule has 2 N–H and O–H groups in total. The number of hydrogen-bond acceptors (Lipinski definition) is 3. The highest BCUT2D eigenvalue weighted by molar-refractivity contribution is 7.89. The summed E-state index contributed by atoms with van der Waals surface area (Å²) in [5, 5.41) is 2.57. The normalized spacial score (nSPS) is 11.3. The lowest BCUT2D eigenvalue weighted by atomic mass is 10.1. The van der Waals surface area contributed by atoms with Crippen molar-refractivity contribution in [2.75, 3.05) is 13.1 Å². The summed E-state index contributed by atoms with van der Waals surface area (Å²) < 4.78 is 39.8. The highest BCUT2D eigenvalue weighted by atomic mass is 32.2. The van der Waals surface area contributed by atoms with Gasteiger partial charge >= 0.3 is 0 Å². The van der Waals surface area contributed by atoms with Crippen molar-refractivity contribution in [3.8, 4) is 0 Å². The van der Waals surface area contributed by atoms with E-state index in [1.807, 2.05) is 6.92 Å². The second kappa shape index (κ2) is 7.55. The van der Waals surface area contributed by atoms with Gasteiger partial charge in [-0.05, 0) is 43.7 Å². The quantitative estimate of drug-likeness (QED) is 0.784. The molecule has 0 radical (unpaired) electrons. The largest absolute Gasteiger partial charge is 0.351 e. The number of sulfonamides is 1. The number of halogens is 1.